The fraction of sp³-hybridized carbons (Fsp3) is 0.794. The average molecular weight is 612 g/mol. The van der Waals surface area contributed by atoms with Crippen LogP contribution in [0.5, 0.6) is 0 Å². The molecule has 1 fully saturated rings. The van der Waals surface area contributed by atoms with E-state index in [0.717, 1.165) is 64.2 Å². The van der Waals surface area contributed by atoms with Crippen LogP contribution in [-0.4, -0.2) is 87.5 Å². The van der Waals surface area contributed by atoms with Gasteiger partial charge in [0.05, 0.1) is 25.4 Å². The van der Waals surface area contributed by atoms with Gasteiger partial charge in [0.2, 0.25) is 5.91 Å². The summed E-state index contributed by atoms with van der Waals surface area (Å²) in [6.45, 7) is 3.57. The highest BCUT2D eigenvalue weighted by Gasteiger charge is 2.44. The van der Waals surface area contributed by atoms with E-state index in [1.165, 1.54) is 32.1 Å². The molecule has 0 aromatic heterocycles. The van der Waals surface area contributed by atoms with Crippen molar-refractivity contribution in [2.75, 3.05) is 13.2 Å². The highest BCUT2D eigenvalue weighted by Crippen LogP contribution is 2.22. The second-order valence-electron chi connectivity index (χ2n) is 11.6. The molecule has 0 aromatic carbocycles. The molecular weight excluding hydrogens is 550 g/mol. The van der Waals surface area contributed by atoms with Gasteiger partial charge in [-0.3, -0.25) is 4.79 Å². The Labute approximate surface area is 260 Å². The van der Waals surface area contributed by atoms with E-state index in [9.17, 15) is 30.3 Å². The first-order valence-electron chi connectivity index (χ1n) is 16.7. The maximum absolute atomic E-state index is 12.7. The van der Waals surface area contributed by atoms with E-state index < -0.39 is 49.5 Å². The van der Waals surface area contributed by atoms with Crippen molar-refractivity contribution in [1.29, 1.82) is 0 Å². The summed E-state index contributed by atoms with van der Waals surface area (Å²) in [5.41, 5.74) is 0. The van der Waals surface area contributed by atoms with Crippen LogP contribution in [0.3, 0.4) is 0 Å². The molecule has 1 rings (SSSR count). The zero-order chi connectivity index (χ0) is 31.7. The molecule has 1 aliphatic rings. The molecule has 7 atom stereocenters. The average Bonchev–Trinajstić information content (AvgIpc) is 3.00. The minimum atomic E-state index is -1.57. The monoisotopic (exact) mass is 611 g/mol. The van der Waals surface area contributed by atoms with Gasteiger partial charge >= 0.3 is 0 Å². The summed E-state index contributed by atoms with van der Waals surface area (Å²) in [4.78, 5) is 12.7. The van der Waals surface area contributed by atoms with E-state index in [1.807, 2.05) is 6.08 Å². The third kappa shape index (κ3) is 18.1. The SMILES string of the molecule is CCC/C=C/CC/C=C/C(O)C(COC1OC(CO)C(O)C(O)C1O)NC(=O)CCCCCCC/C=C\CCCCCC. The van der Waals surface area contributed by atoms with Crippen molar-refractivity contribution in [3.63, 3.8) is 0 Å². The Hall–Kier alpha value is -1.59. The minimum Gasteiger partial charge on any atom is -0.394 e. The largest absolute Gasteiger partial charge is 0.394 e. The molecule has 7 unspecified atom stereocenters. The molecule has 0 aromatic rings. The Kier molecular flexibility index (Phi) is 23.6. The van der Waals surface area contributed by atoms with Crippen LogP contribution in [0.15, 0.2) is 36.5 Å². The number of carbonyl (C=O) groups excluding carboxylic acids is 1. The summed E-state index contributed by atoms with van der Waals surface area (Å²) in [6.07, 6.45) is 20.7. The quantitative estimate of drug-likeness (QED) is 0.0648. The van der Waals surface area contributed by atoms with Crippen molar-refractivity contribution >= 4 is 5.91 Å². The Balaban J connectivity index is 2.50. The first-order chi connectivity index (χ1) is 20.8. The van der Waals surface area contributed by atoms with Crippen LogP contribution in [0.1, 0.15) is 117 Å². The van der Waals surface area contributed by atoms with E-state index in [0.29, 0.717) is 6.42 Å². The lowest BCUT2D eigenvalue weighted by Gasteiger charge is -2.40. The Morgan fingerprint density at radius 1 is 0.767 bits per heavy atom. The van der Waals surface area contributed by atoms with Gasteiger partial charge in [-0.25, -0.2) is 0 Å². The normalized spacial score (nSPS) is 24.3. The lowest BCUT2D eigenvalue weighted by Crippen LogP contribution is -2.60. The number of amides is 1. The maximum Gasteiger partial charge on any atom is 0.220 e. The number of nitrogens with one attached hydrogen (secondary N) is 1. The molecule has 1 heterocycles. The molecule has 0 aliphatic carbocycles. The van der Waals surface area contributed by atoms with Gasteiger partial charge in [-0.1, -0.05) is 95.2 Å². The minimum absolute atomic E-state index is 0.205. The fourth-order valence-electron chi connectivity index (χ4n) is 4.88. The molecule has 1 saturated heterocycles. The number of carbonyl (C=O) groups is 1. The van der Waals surface area contributed by atoms with Gasteiger partial charge in [-0.05, 0) is 51.4 Å². The first-order valence-corrected chi connectivity index (χ1v) is 16.7. The zero-order valence-electron chi connectivity index (χ0n) is 26.7. The highest BCUT2D eigenvalue weighted by atomic mass is 16.7. The number of ether oxygens (including phenoxy) is 2. The van der Waals surface area contributed by atoms with Crippen LogP contribution in [0.25, 0.3) is 0 Å². The number of allylic oxidation sites excluding steroid dienone is 5. The van der Waals surface area contributed by atoms with Crippen LogP contribution in [0.4, 0.5) is 0 Å². The fourth-order valence-corrected chi connectivity index (χ4v) is 4.88. The number of hydrogen-bond acceptors (Lipinski definition) is 8. The Morgan fingerprint density at radius 3 is 2.05 bits per heavy atom. The van der Waals surface area contributed by atoms with E-state index in [1.54, 1.807) is 6.08 Å². The lowest BCUT2D eigenvalue weighted by atomic mass is 9.99. The molecule has 9 heteroatoms. The third-order valence-electron chi connectivity index (χ3n) is 7.67. The van der Waals surface area contributed by atoms with E-state index in [2.05, 4.69) is 43.5 Å². The topological polar surface area (TPSA) is 149 Å². The van der Waals surface area contributed by atoms with Gasteiger partial charge in [-0.15, -0.1) is 0 Å². The number of rotatable bonds is 25. The van der Waals surface area contributed by atoms with Crippen molar-refractivity contribution in [1.82, 2.24) is 5.32 Å². The molecule has 1 amide bonds. The molecule has 9 nitrogen and oxygen atoms in total. The molecule has 0 spiro atoms. The molecule has 6 N–H and O–H groups in total. The van der Waals surface area contributed by atoms with Crippen LogP contribution >= 0.6 is 0 Å². The third-order valence-corrected chi connectivity index (χ3v) is 7.67. The van der Waals surface area contributed by atoms with Crippen molar-refractivity contribution in [2.45, 2.75) is 159 Å². The van der Waals surface area contributed by atoms with Gasteiger partial charge in [0, 0.05) is 6.42 Å². The maximum atomic E-state index is 12.7. The smallest absolute Gasteiger partial charge is 0.220 e. The summed E-state index contributed by atoms with van der Waals surface area (Å²) < 4.78 is 11.1. The van der Waals surface area contributed by atoms with Crippen LogP contribution < -0.4 is 5.32 Å². The van der Waals surface area contributed by atoms with Crippen LogP contribution in [0, 0.1) is 0 Å². The summed E-state index contributed by atoms with van der Waals surface area (Å²) in [5.74, 6) is -0.205. The molecule has 0 bridgehead atoms. The predicted molar refractivity (Wildman–Crippen MR) is 170 cm³/mol. The summed E-state index contributed by atoms with van der Waals surface area (Å²) in [5, 5.41) is 53.4. The number of unbranched alkanes of at least 4 members (excludes halogenated alkanes) is 11. The van der Waals surface area contributed by atoms with E-state index in [4.69, 9.17) is 9.47 Å². The Bertz CT molecular complexity index is 771. The van der Waals surface area contributed by atoms with Crippen molar-refractivity contribution in [3.05, 3.63) is 36.5 Å². The van der Waals surface area contributed by atoms with Gasteiger partial charge in [0.15, 0.2) is 6.29 Å². The predicted octanol–water partition coefficient (Wildman–Crippen LogP) is 4.60. The molecular formula is C34H61NO8. The van der Waals surface area contributed by atoms with Gasteiger partial charge in [0.25, 0.3) is 0 Å². The summed E-state index contributed by atoms with van der Waals surface area (Å²) in [6, 6.07) is -0.819. The highest BCUT2D eigenvalue weighted by molar-refractivity contribution is 5.76. The standard InChI is InChI=1S/C34H61NO8/c1-3-5-7-9-11-12-13-14-15-16-18-20-22-24-30(38)35-27(28(37)23-21-19-17-10-8-6-4-2)26-42-34-33(41)32(40)31(39)29(25-36)43-34/h8,10,12-13,21,23,27-29,31-34,36-37,39-41H,3-7,9,11,14-20,22,24-26H2,1-2H3,(H,35,38)/b10-8+,13-12-,23-21+. The second-order valence-corrected chi connectivity index (χ2v) is 11.6. The second kappa shape index (κ2) is 25.7. The molecule has 250 valence electrons. The van der Waals surface area contributed by atoms with Gasteiger partial charge in [0.1, 0.15) is 24.4 Å². The van der Waals surface area contributed by atoms with Crippen molar-refractivity contribution in [3.8, 4) is 0 Å². The van der Waals surface area contributed by atoms with Crippen molar-refractivity contribution < 1.29 is 39.8 Å². The number of aliphatic hydroxyl groups is 5. The summed E-state index contributed by atoms with van der Waals surface area (Å²) in [7, 11) is 0. The summed E-state index contributed by atoms with van der Waals surface area (Å²) >= 11 is 0. The zero-order valence-corrected chi connectivity index (χ0v) is 26.7. The van der Waals surface area contributed by atoms with Crippen LogP contribution in [0.2, 0.25) is 0 Å². The first kappa shape index (κ1) is 39.4. The van der Waals surface area contributed by atoms with Gasteiger partial charge in [-0.2, -0.15) is 0 Å². The Morgan fingerprint density at radius 2 is 1.37 bits per heavy atom. The van der Waals surface area contributed by atoms with E-state index in [-0.39, 0.29) is 12.5 Å². The van der Waals surface area contributed by atoms with Crippen molar-refractivity contribution in [2.24, 2.45) is 0 Å². The number of aliphatic hydroxyl groups excluding tert-OH is 5. The lowest BCUT2D eigenvalue weighted by molar-refractivity contribution is -0.302. The van der Waals surface area contributed by atoms with Gasteiger partial charge < -0.3 is 40.3 Å². The molecule has 0 saturated carbocycles. The molecule has 43 heavy (non-hydrogen) atoms. The molecule has 1 aliphatic heterocycles. The van der Waals surface area contributed by atoms with E-state index >= 15 is 0 Å². The molecule has 0 radical (unpaired) electrons. The number of hydrogen-bond donors (Lipinski definition) is 6. The van der Waals surface area contributed by atoms with Crippen LogP contribution in [-0.2, 0) is 14.3 Å².